The minimum Gasteiger partial charge on any atom is -0.378 e. The maximum absolute atomic E-state index is 5.42. The second-order valence-corrected chi connectivity index (χ2v) is 6.89. The van der Waals surface area contributed by atoms with E-state index in [2.05, 4.69) is 51.8 Å². The smallest absolute Gasteiger partial charge is 0.187 e. The normalized spacial score (nSPS) is 14.5. The number of anilines is 3. The van der Waals surface area contributed by atoms with E-state index in [-0.39, 0.29) is 0 Å². The molecule has 1 fully saturated rings. The van der Waals surface area contributed by atoms with E-state index in [9.17, 15) is 0 Å². The Morgan fingerprint density at radius 3 is 2.88 bits per heavy atom. The number of nitrogens with zero attached hydrogens (tertiary/aromatic N) is 3. The standard InChI is InChI=1S/C19H20N4OS/c1-14-3-2-4-16(11-14)21-19-22-17(13-25-19)15-5-6-20-18(12-15)23-7-9-24-10-8-23/h2-6,11-13H,7-10H2,1H3,(H,21,22). The fourth-order valence-electron chi connectivity index (χ4n) is 2.85. The molecular formula is C19H20N4OS. The van der Waals surface area contributed by atoms with Gasteiger partial charge in [0.2, 0.25) is 0 Å². The summed E-state index contributed by atoms with van der Waals surface area (Å²) < 4.78 is 5.42. The van der Waals surface area contributed by atoms with Gasteiger partial charge in [-0.2, -0.15) is 0 Å². The highest BCUT2D eigenvalue weighted by molar-refractivity contribution is 7.14. The number of rotatable bonds is 4. The molecule has 3 aromatic rings. The number of ether oxygens (including phenoxy) is 1. The van der Waals surface area contributed by atoms with Gasteiger partial charge < -0.3 is 15.0 Å². The van der Waals surface area contributed by atoms with Gasteiger partial charge in [0.25, 0.3) is 0 Å². The van der Waals surface area contributed by atoms with Crippen molar-refractivity contribution in [2.45, 2.75) is 6.92 Å². The van der Waals surface area contributed by atoms with Gasteiger partial charge in [-0.15, -0.1) is 11.3 Å². The predicted molar refractivity (Wildman–Crippen MR) is 103 cm³/mol. The van der Waals surface area contributed by atoms with Gasteiger partial charge in [0.05, 0.1) is 18.9 Å². The van der Waals surface area contributed by atoms with Crippen LogP contribution in [0.4, 0.5) is 16.6 Å². The van der Waals surface area contributed by atoms with Crippen LogP contribution in [-0.4, -0.2) is 36.3 Å². The van der Waals surface area contributed by atoms with Crippen LogP contribution in [0.15, 0.2) is 48.0 Å². The molecule has 0 spiro atoms. The molecule has 0 atom stereocenters. The van der Waals surface area contributed by atoms with Crippen molar-refractivity contribution in [3.05, 3.63) is 53.5 Å². The van der Waals surface area contributed by atoms with Gasteiger partial charge in [-0.05, 0) is 36.8 Å². The minimum absolute atomic E-state index is 0.757. The number of benzene rings is 1. The van der Waals surface area contributed by atoms with E-state index in [4.69, 9.17) is 9.72 Å². The van der Waals surface area contributed by atoms with Gasteiger partial charge in [-0.3, -0.25) is 0 Å². The molecule has 2 aromatic heterocycles. The summed E-state index contributed by atoms with van der Waals surface area (Å²) >= 11 is 1.61. The summed E-state index contributed by atoms with van der Waals surface area (Å²) in [5, 5.41) is 6.35. The number of hydrogen-bond donors (Lipinski definition) is 1. The summed E-state index contributed by atoms with van der Waals surface area (Å²) in [6, 6.07) is 12.4. The van der Waals surface area contributed by atoms with E-state index in [0.717, 1.165) is 54.2 Å². The highest BCUT2D eigenvalue weighted by Gasteiger charge is 2.14. The third-order valence-corrected chi connectivity index (χ3v) is 4.91. The Kier molecular flexibility index (Phi) is 4.63. The molecule has 0 saturated carbocycles. The zero-order valence-electron chi connectivity index (χ0n) is 14.1. The topological polar surface area (TPSA) is 50.3 Å². The summed E-state index contributed by atoms with van der Waals surface area (Å²) in [5.74, 6) is 0.988. The Bertz CT molecular complexity index is 858. The molecular weight excluding hydrogens is 332 g/mol. The second-order valence-electron chi connectivity index (χ2n) is 6.03. The Morgan fingerprint density at radius 1 is 1.16 bits per heavy atom. The minimum atomic E-state index is 0.757. The fraction of sp³-hybridized carbons (Fsp3) is 0.263. The van der Waals surface area contributed by atoms with Crippen LogP contribution in [0.5, 0.6) is 0 Å². The van der Waals surface area contributed by atoms with Crippen molar-refractivity contribution in [2.75, 3.05) is 36.5 Å². The van der Waals surface area contributed by atoms with Gasteiger partial charge in [0.1, 0.15) is 5.82 Å². The van der Waals surface area contributed by atoms with Crippen molar-refractivity contribution in [3.63, 3.8) is 0 Å². The third kappa shape index (κ3) is 3.81. The van der Waals surface area contributed by atoms with Gasteiger partial charge in [-0.1, -0.05) is 12.1 Å². The van der Waals surface area contributed by atoms with E-state index in [1.165, 1.54) is 5.56 Å². The number of aromatic nitrogens is 2. The van der Waals surface area contributed by atoms with Crippen LogP contribution in [0.3, 0.4) is 0 Å². The van der Waals surface area contributed by atoms with Gasteiger partial charge in [0.15, 0.2) is 5.13 Å². The molecule has 5 nitrogen and oxygen atoms in total. The Labute approximate surface area is 151 Å². The lowest BCUT2D eigenvalue weighted by molar-refractivity contribution is 0.122. The zero-order chi connectivity index (χ0) is 17.1. The molecule has 6 heteroatoms. The zero-order valence-corrected chi connectivity index (χ0v) is 14.9. The third-order valence-electron chi connectivity index (χ3n) is 4.15. The molecule has 0 bridgehead atoms. The highest BCUT2D eigenvalue weighted by Crippen LogP contribution is 2.29. The molecule has 1 saturated heterocycles. The largest absolute Gasteiger partial charge is 0.378 e. The lowest BCUT2D eigenvalue weighted by Crippen LogP contribution is -2.36. The van der Waals surface area contributed by atoms with Crippen LogP contribution in [0, 0.1) is 6.92 Å². The summed E-state index contributed by atoms with van der Waals surface area (Å²) in [7, 11) is 0. The highest BCUT2D eigenvalue weighted by atomic mass is 32.1. The number of aryl methyl sites for hydroxylation is 1. The van der Waals surface area contributed by atoms with Crippen molar-refractivity contribution in [1.82, 2.24) is 9.97 Å². The SMILES string of the molecule is Cc1cccc(Nc2nc(-c3ccnc(N4CCOCC4)c3)cs2)c1. The van der Waals surface area contributed by atoms with E-state index in [1.807, 2.05) is 18.3 Å². The van der Waals surface area contributed by atoms with E-state index < -0.39 is 0 Å². The Hall–Kier alpha value is -2.44. The summed E-state index contributed by atoms with van der Waals surface area (Å²) in [6.45, 7) is 5.37. The molecule has 0 aliphatic carbocycles. The average molecular weight is 352 g/mol. The van der Waals surface area contributed by atoms with Crippen molar-refractivity contribution in [3.8, 4) is 11.3 Å². The second kappa shape index (κ2) is 7.21. The molecule has 1 N–H and O–H groups in total. The lowest BCUT2D eigenvalue weighted by Gasteiger charge is -2.27. The Balaban J connectivity index is 1.53. The van der Waals surface area contributed by atoms with Crippen LogP contribution >= 0.6 is 11.3 Å². The molecule has 1 aliphatic heterocycles. The summed E-state index contributed by atoms with van der Waals surface area (Å²) in [4.78, 5) is 11.5. The van der Waals surface area contributed by atoms with Crippen molar-refractivity contribution in [1.29, 1.82) is 0 Å². The van der Waals surface area contributed by atoms with Crippen LogP contribution in [0.25, 0.3) is 11.3 Å². The first-order valence-electron chi connectivity index (χ1n) is 8.36. The quantitative estimate of drug-likeness (QED) is 0.766. The maximum Gasteiger partial charge on any atom is 0.187 e. The van der Waals surface area contributed by atoms with E-state index >= 15 is 0 Å². The molecule has 25 heavy (non-hydrogen) atoms. The van der Waals surface area contributed by atoms with Gasteiger partial charge >= 0.3 is 0 Å². The molecule has 0 unspecified atom stereocenters. The number of thiazole rings is 1. The molecule has 1 aromatic carbocycles. The first-order valence-corrected chi connectivity index (χ1v) is 9.24. The maximum atomic E-state index is 5.42. The molecule has 3 heterocycles. The van der Waals surface area contributed by atoms with Gasteiger partial charge in [0, 0.05) is 35.9 Å². The lowest BCUT2D eigenvalue weighted by atomic mass is 10.2. The van der Waals surface area contributed by atoms with Crippen LogP contribution in [0.2, 0.25) is 0 Å². The molecule has 0 amide bonds. The van der Waals surface area contributed by atoms with Crippen molar-refractivity contribution >= 4 is 28.0 Å². The summed E-state index contributed by atoms with van der Waals surface area (Å²) in [5.41, 5.74) is 4.35. The first-order chi connectivity index (χ1) is 12.3. The van der Waals surface area contributed by atoms with Crippen molar-refractivity contribution < 1.29 is 4.74 Å². The van der Waals surface area contributed by atoms with Crippen LogP contribution in [-0.2, 0) is 4.74 Å². The average Bonchev–Trinajstić information content (AvgIpc) is 3.11. The number of morpholine rings is 1. The number of pyridine rings is 1. The number of hydrogen-bond acceptors (Lipinski definition) is 6. The van der Waals surface area contributed by atoms with Gasteiger partial charge in [-0.25, -0.2) is 9.97 Å². The first kappa shape index (κ1) is 16.1. The molecule has 128 valence electrons. The fourth-order valence-corrected chi connectivity index (χ4v) is 3.59. The summed E-state index contributed by atoms with van der Waals surface area (Å²) in [6.07, 6.45) is 1.85. The number of nitrogens with one attached hydrogen (secondary N) is 1. The Morgan fingerprint density at radius 2 is 2.04 bits per heavy atom. The predicted octanol–water partition coefficient (Wildman–Crippen LogP) is 4.09. The van der Waals surface area contributed by atoms with Crippen LogP contribution < -0.4 is 10.2 Å². The van der Waals surface area contributed by atoms with E-state index in [1.54, 1.807) is 11.3 Å². The molecule has 0 radical (unpaired) electrons. The monoisotopic (exact) mass is 352 g/mol. The van der Waals surface area contributed by atoms with Crippen LogP contribution in [0.1, 0.15) is 5.56 Å². The molecule has 1 aliphatic rings. The van der Waals surface area contributed by atoms with Crippen molar-refractivity contribution in [2.24, 2.45) is 0 Å². The molecule has 4 rings (SSSR count). The van der Waals surface area contributed by atoms with E-state index in [0.29, 0.717) is 0 Å².